The molecule has 0 bridgehead atoms. The summed E-state index contributed by atoms with van der Waals surface area (Å²) < 4.78 is 6.02. The summed E-state index contributed by atoms with van der Waals surface area (Å²) in [5, 5.41) is 8.92. The fourth-order valence-corrected chi connectivity index (χ4v) is 2.91. The summed E-state index contributed by atoms with van der Waals surface area (Å²) in [4.78, 5) is 10.9. The van der Waals surface area contributed by atoms with E-state index >= 15 is 0 Å². The average Bonchev–Trinajstić information content (AvgIpc) is 2.57. The molecule has 1 aliphatic rings. The van der Waals surface area contributed by atoms with Crippen LogP contribution in [0, 0.1) is 0 Å². The van der Waals surface area contributed by atoms with Crippen LogP contribution in [0.15, 0.2) is 48.5 Å². The van der Waals surface area contributed by atoms with E-state index < -0.39 is 5.97 Å². The second-order valence-corrected chi connectivity index (χ2v) is 5.78. The first-order valence-corrected chi connectivity index (χ1v) is 7.83. The molecule has 0 radical (unpaired) electrons. The minimum Gasteiger partial charge on any atom is -0.490 e. The lowest BCUT2D eigenvalue weighted by atomic mass is 9.98. The second-order valence-electron chi connectivity index (χ2n) is 5.78. The molecule has 0 aliphatic heterocycles. The number of carbonyl (C=O) groups is 1. The molecule has 0 atom stereocenters. The number of aromatic carboxylic acids is 1. The van der Waals surface area contributed by atoms with Crippen LogP contribution in [0.4, 0.5) is 0 Å². The van der Waals surface area contributed by atoms with Gasteiger partial charge in [0.1, 0.15) is 5.75 Å². The molecule has 2 aromatic carbocycles. The Bertz CT molecular complexity index is 623. The van der Waals surface area contributed by atoms with Crippen molar-refractivity contribution in [2.75, 3.05) is 0 Å². The molecule has 1 saturated carbocycles. The molecule has 1 N–H and O–H groups in total. The highest BCUT2D eigenvalue weighted by Gasteiger charge is 2.14. The van der Waals surface area contributed by atoms with E-state index in [1.165, 1.54) is 19.3 Å². The van der Waals surface area contributed by atoms with Crippen molar-refractivity contribution in [3.8, 4) is 16.9 Å². The molecule has 0 spiro atoms. The fourth-order valence-electron chi connectivity index (χ4n) is 2.91. The molecule has 2 aromatic rings. The highest BCUT2D eigenvalue weighted by atomic mass is 16.5. The number of benzene rings is 2. The van der Waals surface area contributed by atoms with Crippen LogP contribution in [0.2, 0.25) is 0 Å². The summed E-state index contributed by atoms with van der Waals surface area (Å²) in [7, 11) is 0. The highest BCUT2D eigenvalue weighted by Crippen LogP contribution is 2.26. The summed E-state index contributed by atoms with van der Waals surface area (Å²) in [6, 6.07) is 15.0. The van der Waals surface area contributed by atoms with Gasteiger partial charge in [-0.1, -0.05) is 30.7 Å². The first-order valence-electron chi connectivity index (χ1n) is 7.83. The van der Waals surface area contributed by atoms with Gasteiger partial charge < -0.3 is 9.84 Å². The molecule has 3 heteroatoms. The van der Waals surface area contributed by atoms with Gasteiger partial charge >= 0.3 is 5.97 Å². The molecule has 0 aromatic heterocycles. The van der Waals surface area contributed by atoms with Crippen LogP contribution < -0.4 is 4.74 Å². The quantitative estimate of drug-likeness (QED) is 0.884. The van der Waals surface area contributed by atoms with E-state index in [0.29, 0.717) is 11.7 Å². The van der Waals surface area contributed by atoms with Crippen LogP contribution in [-0.2, 0) is 0 Å². The smallest absolute Gasteiger partial charge is 0.335 e. The first-order chi connectivity index (χ1) is 10.7. The number of hydrogen-bond acceptors (Lipinski definition) is 2. The third-order valence-electron chi connectivity index (χ3n) is 4.17. The van der Waals surface area contributed by atoms with Crippen LogP contribution in [-0.4, -0.2) is 17.2 Å². The first kappa shape index (κ1) is 14.6. The molecule has 3 nitrogen and oxygen atoms in total. The van der Waals surface area contributed by atoms with Gasteiger partial charge in [0.15, 0.2) is 0 Å². The lowest BCUT2D eigenvalue weighted by Gasteiger charge is -2.23. The van der Waals surface area contributed by atoms with Gasteiger partial charge in [-0.2, -0.15) is 0 Å². The Morgan fingerprint density at radius 2 is 1.41 bits per heavy atom. The SMILES string of the molecule is O=C(O)c1ccc(-c2ccc(OC3CCCCC3)cc2)cc1. The van der Waals surface area contributed by atoms with Gasteiger partial charge in [-0.3, -0.25) is 0 Å². The number of rotatable bonds is 4. The summed E-state index contributed by atoms with van der Waals surface area (Å²) in [5.74, 6) is 0.0144. The van der Waals surface area contributed by atoms with Crippen LogP contribution in [0.3, 0.4) is 0 Å². The van der Waals surface area contributed by atoms with Crippen molar-refractivity contribution in [1.29, 1.82) is 0 Å². The van der Waals surface area contributed by atoms with Gasteiger partial charge in [-0.15, -0.1) is 0 Å². The number of ether oxygens (including phenoxy) is 1. The van der Waals surface area contributed by atoms with E-state index in [1.807, 2.05) is 36.4 Å². The topological polar surface area (TPSA) is 46.5 Å². The average molecular weight is 296 g/mol. The predicted molar refractivity (Wildman–Crippen MR) is 86.3 cm³/mol. The number of carboxylic acids is 1. The second kappa shape index (κ2) is 6.65. The molecule has 0 saturated heterocycles. The fraction of sp³-hybridized carbons (Fsp3) is 0.316. The molecule has 1 aliphatic carbocycles. The largest absolute Gasteiger partial charge is 0.490 e. The zero-order valence-electron chi connectivity index (χ0n) is 12.5. The third kappa shape index (κ3) is 3.48. The maximum absolute atomic E-state index is 10.9. The number of carboxylic acid groups (broad SMARTS) is 1. The summed E-state index contributed by atoms with van der Waals surface area (Å²) in [6.07, 6.45) is 6.51. The molecule has 3 rings (SSSR count). The van der Waals surface area contributed by atoms with Crippen molar-refractivity contribution in [2.24, 2.45) is 0 Å². The van der Waals surface area contributed by atoms with Crippen molar-refractivity contribution < 1.29 is 14.6 Å². The van der Waals surface area contributed by atoms with E-state index in [9.17, 15) is 4.79 Å². The van der Waals surface area contributed by atoms with Crippen LogP contribution in [0.5, 0.6) is 5.75 Å². The van der Waals surface area contributed by atoms with E-state index in [4.69, 9.17) is 9.84 Å². The van der Waals surface area contributed by atoms with Crippen molar-refractivity contribution in [3.05, 3.63) is 54.1 Å². The lowest BCUT2D eigenvalue weighted by molar-refractivity contribution is 0.0697. The molecule has 0 amide bonds. The van der Waals surface area contributed by atoms with Crippen LogP contribution >= 0.6 is 0 Å². The Morgan fingerprint density at radius 1 is 0.864 bits per heavy atom. The van der Waals surface area contributed by atoms with Crippen LogP contribution in [0.25, 0.3) is 11.1 Å². The van der Waals surface area contributed by atoms with Crippen molar-refractivity contribution in [2.45, 2.75) is 38.2 Å². The number of hydrogen-bond donors (Lipinski definition) is 1. The standard InChI is InChI=1S/C19H20O3/c20-19(21)16-8-6-14(7-9-16)15-10-12-18(13-11-15)22-17-4-2-1-3-5-17/h6-13,17H,1-5H2,(H,20,21). The molecule has 22 heavy (non-hydrogen) atoms. The van der Waals surface area contributed by atoms with Gasteiger partial charge in [0, 0.05) is 0 Å². The Kier molecular flexibility index (Phi) is 4.42. The summed E-state index contributed by atoms with van der Waals surface area (Å²) in [5.41, 5.74) is 2.38. The Hall–Kier alpha value is -2.29. The zero-order valence-corrected chi connectivity index (χ0v) is 12.5. The van der Waals surface area contributed by atoms with Crippen molar-refractivity contribution in [1.82, 2.24) is 0 Å². The van der Waals surface area contributed by atoms with E-state index in [0.717, 1.165) is 29.7 Å². The highest BCUT2D eigenvalue weighted by molar-refractivity contribution is 5.88. The van der Waals surface area contributed by atoms with Gasteiger partial charge in [0.2, 0.25) is 0 Å². The molecule has 0 unspecified atom stereocenters. The predicted octanol–water partition coefficient (Wildman–Crippen LogP) is 4.76. The summed E-state index contributed by atoms with van der Waals surface area (Å²) in [6.45, 7) is 0. The molecule has 0 heterocycles. The molecular weight excluding hydrogens is 276 g/mol. The summed E-state index contributed by atoms with van der Waals surface area (Å²) >= 11 is 0. The van der Waals surface area contributed by atoms with Gasteiger partial charge in [-0.05, 0) is 61.1 Å². The third-order valence-corrected chi connectivity index (χ3v) is 4.17. The maximum atomic E-state index is 10.9. The van der Waals surface area contributed by atoms with Gasteiger partial charge in [0.25, 0.3) is 0 Å². The minimum atomic E-state index is -0.900. The van der Waals surface area contributed by atoms with Crippen molar-refractivity contribution >= 4 is 5.97 Å². The van der Waals surface area contributed by atoms with Gasteiger partial charge in [-0.25, -0.2) is 4.79 Å². The van der Waals surface area contributed by atoms with E-state index in [1.54, 1.807) is 12.1 Å². The normalized spacial score (nSPS) is 15.5. The minimum absolute atomic E-state index is 0.306. The Labute approximate surface area is 130 Å². The molecule has 1 fully saturated rings. The van der Waals surface area contributed by atoms with E-state index in [-0.39, 0.29) is 0 Å². The Morgan fingerprint density at radius 3 is 1.95 bits per heavy atom. The monoisotopic (exact) mass is 296 g/mol. The molecule has 114 valence electrons. The van der Waals surface area contributed by atoms with Gasteiger partial charge in [0.05, 0.1) is 11.7 Å². The Balaban J connectivity index is 1.69. The molecular formula is C19H20O3. The van der Waals surface area contributed by atoms with E-state index in [2.05, 4.69) is 0 Å². The maximum Gasteiger partial charge on any atom is 0.335 e. The van der Waals surface area contributed by atoms with Crippen LogP contribution in [0.1, 0.15) is 42.5 Å². The zero-order chi connectivity index (χ0) is 15.4. The lowest BCUT2D eigenvalue weighted by Crippen LogP contribution is -2.19. The van der Waals surface area contributed by atoms with Crippen molar-refractivity contribution in [3.63, 3.8) is 0 Å².